The minimum Gasteiger partial charge on any atom is -0.490 e. The molecule has 4 nitrogen and oxygen atoms in total. The summed E-state index contributed by atoms with van der Waals surface area (Å²) in [5.41, 5.74) is 5.61. The second-order valence-corrected chi connectivity index (χ2v) is 9.81. The van der Waals surface area contributed by atoms with E-state index in [0.29, 0.717) is 13.2 Å². The van der Waals surface area contributed by atoms with Gasteiger partial charge in [0.05, 0.1) is 27.4 Å². The van der Waals surface area contributed by atoms with Gasteiger partial charge in [0.2, 0.25) is 0 Å². The lowest BCUT2D eigenvalue weighted by Crippen LogP contribution is -2.09. The van der Waals surface area contributed by atoms with Crippen molar-refractivity contribution in [3.8, 4) is 22.1 Å². The summed E-state index contributed by atoms with van der Waals surface area (Å²) in [4.78, 5) is 4.78. The van der Waals surface area contributed by atoms with Crippen LogP contribution in [0.1, 0.15) is 31.9 Å². The molecule has 0 saturated heterocycles. The van der Waals surface area contributed by atoms with Crippen LogP contribution in [0.2, 0.25) is 0 Å². The first-order valence-corrected chi connectivity index (χ1v) is 12.4. The Balaban J connectivity index is 1.48. The average Bonchev–Trinajstić information content (AvgIpc) is 3.18. The van der Waals surface area contributed by atoms with Gasteiger partial charge in [-0.05, 0) is 103 Å². The third-order valence-electron chi connectivity index (χ3n) is 4.90. The first kappa shape index (κ1) is 22.6. The van der Waals surface area contributed by atoms with Crippen LogP contribution in [-0.2, 0) is 6.54 Å². The molecule has 0 saturated carbocycles. The van der Waals surface area contributed by atoms with Crippen molar-refractivity contribution in [3.63, 3.8) is 0 Å². The van der Waals surface area contributed by atoms with E-state index in [-0.39, 0.29) is 6.10 Å². The monoisotopic (exact) mass is 510 g/mol. The van der Waals surface area contributed by atoms with E-state index < -0.39 is 0 Å². The SMILES string of the molecule is CCOc1cc(CNc2ccc(-c3nc4ccc(C)cc4s3)cc2)cc(Br)c1OC(C)C. The maximum atomic E-state index is 5.93. The van der Waals surface area contributed by atoms with Gasteiger partial charge >= 0.3 is 0 Å². The molecule has 0 amide bonds. The molecular weight excluding hydrogens is 484 g/mol. The molecule has 0 bridgehead atoms. The number of hydrogen-bond donors (Lipinski definition) is 1. The van der Waals surface area contributed by atoms with Crippen LogP contribution in [0.15, 0.2) is 59.1 Å². The topological polar surface area (TPSA) is 43.4 Å². The van der Waals surface area contributed by atoms with Crippen molar-refractivity contribution in [2.75, 3.05) is 11.9 Å². The number of nitrogens with zero attached hydrogens (tertiary/aromatic N) is 1. The molecule has 0 aliphatic carbocycles. The molecule has 0 aliphatic rings. The molecule has 32 heavy (non-hydrogen) atoms. The minimum absolute atomic E-state index is 0.0763. The molecule has 0 fully saturated rings. The average molecular weight is 511 g/mol. The molecular formula is C26H27BrN2O2S. The molecule has 166 valence electrons. The highest BCUT2D eigenvalue weighted by atomic mass is 79.9. The molecule has 4 rings (SSSR count). The Kier molecular flexibility index (Phi) is 7.01. The second kappa shape index (κ2) is 9.92. The molecule has 1 aromatic heterocycles. The Morgan fingerprint density at radius 3 is 2.56 bits per heavy atom. The van der Waals surface area contributed by atoms with Crippen LogP contribution in [0.3, 0.4) is 0 Å². The largest absolute Gasteiger partial charge is 0.490 e. The molecule has 0 aliphatic heterocycles. The van der Waals surface area contributed by atoms with Crippen molar-refractivity contribution in [2.24, 2.45) is 0 Å². The standard InChI is InChI=1S/C26H27BrN2O2S/c1-5-30-23-14-18(13-21(27)25(23)31-16(2)3)15-28-20-9-7-19(8-10-20)26-29-22-11-6-17(4)12-24(22)32-26/h6-14,16,28H,5,15H2,1-4H3. The van der Waals surface area contributed by atoms with Crippen LogP contribution >= 0.6 is 27.3 Å². The zero-order valence-electron chi connectivity index (χ0n) is 18.7. The van der Waals surface area contributed by atoms with Gasteiger partial charge in [-0.15, -0.1) is 11.3 Å². The Morgan fingerprint density at radius 2 is 1.84 bits per heavy atom. The molecule has 0 atom stereocenters. The Hall–Kier alpha value is -2.57. The molecule has 1 N–H and O–H groups in total. The smallest absolute Gasteiger partial charge is 0.175 e. The zero-order valence-corrected chi connectivity index (χ0v) is 21.1. The van der Waals surface area contributed by atoms with E-state index in [0.717, 1.165) is 43.3 Å². The summed E-state index contributed by atoms with van der Waals surface area (Å²) in [7, 11) is 0. The van der Waals surface area contributed by atoms with Crippen molar-refractivity contribution in [2.45, 2.75) is 40.3 Å². The fraction of sp³-hybridized carbons (Fsp3) is 0.269. The van der Waals surface area contributed by atoms with E-state index in [9.17, 15) is 0 Å². The summed E-state index contributed by atoms with van der Waals surface area (Å²) in [6.45, 7) is 9.38. The van der Waals surface area contributed by atoms with E-state index >= 15 is 0 Å². The Labute approximate surface area is 201 Å². The Bertz CT molecular complexity index is 1220. The summed E-state index contributed by atoms with van der Waals surface area (Å²) in [6, 6.07) is 18.9. The van der Waals surface area contributed by atoms with Gasteiger partial charge in [-0.25, -0.2) is 4.98 Å². The maximum Gasteiger partial charge on any atom is 0.175 e. The van der Waals surface area contributed by atoms with E-state index in [1.807, 2.05) is 26.8 Å². The summed E-state index contributed by atoms with van der Waals surface area (Å²) in [6.07, 6.45) is 0.0763. The quantitative estimate of drug-likeness (QED) is 0.262. The maximum absolute atomic E-state index is 5.93. The Morgan fingerprint density at radius 1 is 1.06 bits per heavy atom. The lowest BCUT2D eigenvalue weighted by Gasteiger charge is -2.18. The van der Waals surface area contributed by atoms with Gasteiger partial charge in [0.15, 0.2) is 11.5 Å². The molecule has 0 spiro atoms. The van der Waals surface area contributed by atoms with Crippen LogP contribution in [0.4, 0.5) is 5.69 Å². The van der Waals surface area contributed by atoms with E-state index in [4.69, 9.17) is 14.5 Å². The van der Waals surface area contributed by atoms with Crippen molar-refractivity contribution < 1.29 is 9.47 Å². The zero-order chi connectivity index (χ0) is 22.7. The molecule has 0 radical (unpaired) electrons. The van der Waals surface area contributed by atoms with E-state index in [1.54, 1.807) is 11.3 Å². The van der Waals surface area contributed by atoms with Gasteiger partial charge in [-0.1, -0.05) is 6.07 Å². The van der Waals surface area contributed by atoms with Crippen molar-refractivity contribution >= 4 is 43.2 Å². The van der Waals surface area contributed by atoms with E-state index in [1.165, 1.54) is 10.3 Å². The third-order valence-corrected chi connectivity index (χ3v) is 6.55. The molecule has 0 unspecified atom stereocenters. The highest BCUT2D eigenvalue weighted by Gasteiger charge is 2.14. The van der Waals surface area contributed by atoms with Crippen LogP contribution in [0.25, 0.3) is 20.8 Å². The molecule has 6 heteroatoms. The van der Waals surface area contributed by atoms with E-state index in [2.05, 4.69) is 76.7 Å². The molecule has 4 aromatic rings. The van der Waals surface area contributed by atoms with Crippen LogP contribution < -0.4 is 14.8 Å². The molecule has 1 heterocycles. The number of anilines is 1. The fourth-order valence-electron chi connectivity index (χ4n) is 3.43. The number of benzene rings is 3. The predicted octanol–water partition coefficient (Wildman–Crippen LogP) is 7.83. The lowest BCUT2D eigenvalue weighted by atomic mass is 10.1. The second-order valence-electron chi connectivity index (χ2n) is 7.93. The van der Waals surface area contributed by atoms with Crippen molar-refractivity contribution in [1.29, 1.82) is 0 Å². The summed E-state index contributed by atoms with van der Waals surface area (Å²) < 4.78 is 13.9. The number of aryl methyl sites for hydroxylation is 1. The first-order valence-electron chi connectivity index (χ1n) is 10.8. The number of halogens is 1. The number of nitrogens with one attached hydrogen (secondary N) is 1. The van der Waals surface area contributed by atoms with Crippen molar-refractivity contribution in [3.05, 3.63) is 70.2 Å². The fourth-order valence-corrected chi connectivity index (χ4v) is 5.08. The normalized spacial score (nSPS) is 11.2. The number of rotatable bonds is 8. The summed E-state index contributed by atoms with van der Waals surface area (Å²) in [5.74, 6) is 1.51. The lowest BCUT2D eigenvalue weighted by molar-refractivity contribution is 0.222. The number of ether oxygens (including phenoxy) is 2. The third kappa shape index (κ3) is 5.25. The highest BCUT2D eigenvalue weighted by molar-refractivity contribution is 9.10. The van der Waals surface area contributed by atoms with Gasteiger partial charge in [-0.3, -0.25) is 0 Å². The van der Waals surface area contributed by atoms with Gasteiger partial charge in [0, 0.05) is 17.8 Å². The van der Waals surface area contributed by atoms with Crippen molar-refractivity contribution in [1.82, 2.24) is 4.98 Å². The van der Waals surface area contributed by atoms with Crippen LogP contribution in [-0.4, -0.2) is 17.7 Å². The van der Waals surface area contributed by atoms with Crippen LogP contribution in [0.5, 0.6) is 11.5 Å². The number of aromatic nitrogens is 1. The predicted molar refractivity (Wildman–Crippen MR) is 138 cm³/mol. The molecule has 3 aromatic carbocycles. The van der Waals surface area contributed by atoms with Gasteiger partial charge < -0.3 is 14.8 Å². The summed E-state index contributed by atoms with van der Waals surface area (Å²) >= 11 is 5.37. The van der Waals surface area contributed by atoms with Gasteiger partial charge in [0.1, 0.15) is 5.01 Å². The number of fused-ring (bicyclic) bond motifs is 1. The highest BCUT2D eigenvalue weighted by Crippen LogP contribution is 2.38. The van der Waals surface area contributed by atoms with Gasteiger partial charge in [0.25, 0.3) is 0 Å². The van der Waals surface area contributed by atoms with Crippen LogP contribution in [0, 0.1) is 6.92 Å². The number of hydrogen-bond acceptors (Lipinski definition) is 5. The van der Waals surface area contributed by atoms with Gasteiger partial charge in [-0.2, -0.15) is 0 Å². The summed E-state index contributed by atoms with van der Waals surface area (Å²) in [5, 5.41) is 4.54. The number of thiazole rings is 1. The minimum atomic E-state index is 0.0763. The first-order chi connectivity index (χ1) is 15.4.